The second-order valence-corrected chi connectivity index (χ2v) is 7.01. The van der Waals surface area contributed by atoms with Crippen LogP contribution in [0.4, 0.5) is 11.6 Å². The minimum atomic E-state index is -1.16. The van der Waals surface area contributed by atoms with Gasteiger partial charge in [-0.25, -0.2) is 14.8 Å². The van der Waals surface area contributed by atoms with Crippen molar-refractivity contribution in [2.24, 2.45) is 5.73 Å². The van der Waals surface area contributed by atoms with Crippen molar-refractivity contribution in [3.63, 3.8) is 0 Å². The van der Waals surface area contributed by atoms with Gasteiger partial charge in [-0.2, -0.15) is 0 Å². The van der Waals surface area contributed by atoms with Crippen molar-refractivity contribution in [3.05, 3.63) is 28.8 Å². The lowest BCUT2D eigenvalue weighted by Crippen LogP contribution is -2.68. The molecule has 0 aliphatic carbocycles. The quantitative estimate of drug-likeness (QED) is 0.320. The van der Waals surface area contributed by atoms with E-state index in [1.807, 2.05) is 0 Å². The lowest BCUT2D eigenvalue weighted by Gasteiger charge is -2.47. The molecule has 0 aromatic carbocycles. The van der Waals surface area contributed by atoms with Crippen LogP contribution in [0.2, 0.25) is 0 Å². The third-order valence-corrected chi connectivity index (χ3v) is 5.42. The van der Waals surface area contributed by atoms with Gasteiger partial charge in [0.05, 0.1) is 0 Å². The number of carbonyl (C=O) groups excluding carboxylic acids is 1. The van der Waals surface area contributed by atoms with Crippen LogP contribution in [-0.2, 0) is 9.59 Å². The molecule has 0 saturated carbocycles. The highest BCUT2D eigenvalue weighted by molar-refractivity contribution is 8.02. The van der Waals surface area contributed by atoms with Crippen LogP contribution in [0.25, 0.3) is 0 Å². The molecule has 3 rings (SSSR count). The van der Waals surface area contributed by atoms with Crippen LogP contribution in [0.5, 0.6) is 0 Å². The molecule has 126 valence electrons. The summed E-state index contributed by atoms with van der Waals surface area (Å²) in [5.74, 6) is -0.592. The highest BCUT2D eigenvalue weighted by Crippen LogP contribution is 2.39. The summed E-state index contributed by atoms with van der Waals surface area (Å²) in [5.41, 5.74) is 17.4. The lowest BCUT2D eigenvalue weighted by atomic mass is 10.0. The van der Waals surface area contributed by atoms with Crippen molar-refractivity contribution < 1.29 is 14.7 Å². The number of hydrogen-bond donors (Lipinski definition) is 4. The van der Waals surface area contributed by atoms with Crippen LogP contribution < -0.4 is 17.2 Å². The molecule has 2 unspecified atom stereocenters. The number of hydrogen-bond acceptors (Lipinski definition) is 9. The monoisotopic (exact) mass is 366 g/mol. The van der Waals surface area contributed by atoms with Crippen molar-refractivity contribution in [1.82, 2.24) is 14.9 Å². The molecule has 7 N–H and O–H groups in total. The summed E-state index contributed by atoms with van der Waals surface area (Å²) in [6, 6.07) is 0.795. The number of nitrogens with two attached hydrogens (primary N) is 3. The van der Waals surface area contributed by atoms with Gasteiger partial charge < -0.3 is 22.3 Å². The average molecular weight is 366 g/mol. The summed E-state index contributed by atoms with van der Waals surface area (Å²) in [5, 5.41) is 11.1. The van der Waals surface area contributed by atoms with E-state index in [4.69, 9.17) is 17.2 Å². The Labute approximate surface area is 145 Å². The molecule has 1 fully saturated rings. The zero-order chi connectivity index (χ0) is 17.4. The Bertz CT molecular complexity index is 761. The smallest absolute Gasteiger partial charge is 0.352 e. The van der Waals surface area contributed by atoms with Crippen LogP contribution in [0.15, 0.2) is 34.0 Å². The number of aromatic nitrogens is 2. The van der Waals surface area contributed by atoms with E-state index in [0.29, 0.717) is 16.5 Å². The van der Waals surface area contributed by atoms with Crippen LogP contribution >= 0.6 is 23.5 Å². The summed E-state index contributed by atoms with van der Waals surface area (Å²) in [7, 11) is 0. The maximum atomic E-state index is 11.8. The molecule has 1 amide bonds. The van der Waals surface area contributed by atoms with Gasteiger partial charge in [0.25, 0.3) is 0 Å². The Balaban J connectivity index is 1.81. The van der Waals surface area contributed by atoms with Crippen LogP contribution in [-0.4, -0.2) is 49.0 Å². The Hall–Kier alpha value is -2.24. The van der Waals surface area contributed by atoms with Gasteiger partial charge in [-0.15, -0.1) is 11.8 Å². The standard InChI is InChI=1S/C13H14N6O3S2/c14-6-3-7(15)18-13(17-6)23-2-1-5-4-24-11-8(16)10(20)19(11)9(5)12(21)22/h1-3,8,11H,4,16H2,(H,21,22)(H4,14,15,17,18)/b2-1+. The first-order valence-corrected chi connectivity index (χ1v) is 8.71. The SMILES string of the molecule is Nc1cc(N)nc(S/C=C/C2=C(C(=O)O)N3C(=O)C(N)C3SC2)n1. The van der Waals surface area contributed by atoms with Gasteiger partial charge in [0.2, 0.25) is 5.91 Å². The van der Waals surface area contributed by atoms with E-state index in [0.717, 1.165) is 11.8 Å². The van der Waals surface area contributed by atoms with Gasteiger partial charge in [-0.05, 0) is 17.1 Å². The number of carbonyl (C=O) groups is 2. The predicted molar refractivity (Wildman–Crippen MR) is 91.6 cm³/mol. The van der Waals surface area contributed by atoms with Crippen molar-refractivity contribution >= 4 is 47.0 Å². The maximum absolute atomic E-state index is 11.8. The van der Waals surface area contributed by atoms with Gasteiger partial charge in [0.15, 0.2) is 5.16 Å². The summed E-state index contributed by atoms with van der Waals surface area (Å²) in [6.45, 7) is 0. The van der Waals surface area contributed by atoms with Gasteiger partial charge in [-0.1, -0.05) is 11.8 Å². The fraction of sp³-hybridized carbons (Fsp3) is 0.231. The Morgan fingerprint density at radius 2 is 2.08 bits per heavy atom. The number of aliphatic carboxylic acids is 1. The first kappa shape index (κ1) is 16.6. The normalized spacial score (nSPS) is 23.4. The average Bonchev–Trinajstić information content (AvgIpc) is 2.52. The highest BCUT2D eigenvalue weighted by atomic mass is 32.2. The second kappa shape index (κ2) is 6.34. The van der Waals surface area contributed by atoms with Gasteiger partial charge >= 0.3 is 5.97 Å². The molecule has 0 spiro atoms. The molecule has 1 aromatic rings. The lowest BCUT2D eigenvalue weighted by molar-refractivity contribution is -0.147. The first-order valence-electron chi connectivity index (χ1n) is 6.78. The van der Waals surface area contributed by atoms with E-state index in [2.05, 4.69) is 9.97 Å². The fourth-order valence-corrected chi connectivity index (χ4v) is 4.30. The maximum Gasteiger partial charge on any atom is 0.352 e. The third kappa shape index (κ3) is 2.92. The van der Waals surface area contributed by atoms with Crippen molar-refractivity contribution in [2.75, 3.05) is 17.2 Å². The molecule has 3 heterocycles. The van der Waals surface area contributed by atoms with Crippen molar-refractivity contribution in [2.45, 2.75) is 16.6 Å². The number of nitrogens with zero attached hydrogens (tertiary/aromatic N) is 3. The molecule has 0 bridgehead atoms. The number of anilines is 2. The number of rotatable bonds is 4. The molecule has 11 heteroatoms. The topological polar surface area (TPSA) is 161 Å². The summed E-state index contributed by atoms with van der Waals surface area (Å²) in [6.07, 6.45) is 1.62. The molecule has 1 saturated heterocycles. The predicted octanol–water partition coefficient (Wildman–Crippen LogP) is -0.172. The van der Waals surface area contributed by atoms with Gasteiger partial charge in [0, 0.05) is 11.8 Å². The molecule has 24 heavy (non-hydrogen) atoms. The number of carboxylic acids is 1. The zero-order valence-electron chi connectivity index (χ0n) is 12.2. The summed E-state index contributed by atoms with van der Waals surface area (Å²) >= 11 is 2.58. The van der Waals surface area contributed by atoms with E-state index < -0.39 is 12.0 Å². The van der Waals surface area contributed by atoms with Gasteiger partial charge in [0.1, 0.15) is 28.7 Å². The number of carboxylic acid groups (broad SMARTS) is 1. The molecular formula is C13H14N6O3S2. The highest BCUT2D eigenvalue weighted by Gasteiger charge is 2.51. The molecule has 1 aromatic heterocycles. The fourth-order valence-electron chi connectivity index (χ4n) is 2.36. The molecule has 0 radical (unpaired) electrons. The third-order valence-electron chi connectivity index (χ3n) is 3.43. The Morgan fingerprint density at radius 3 is 2.71 bits per heavy atom. The second-order valence-electron chi connectivity index (χ2n) is 5.04. The molecule has 2 aliphatic rings. The van der Waals surface area contributed by atoms with E-state index in [1.165, 1.54) is 22.7 Å². The number of allylic oxidation sites excluding steroid dienone is 1. The van der Waals surface area contributed by atoms with Crippen LogP contribution in [0, 0.1) is 0 Å². The van der Waals surface area contributed by atoms with E-state index in [1.54, 1.807) is 11.5 Å². The molecule has 2 atom stereocenters. The zero-order valence-corrected chi connectivity index (χ0v) is 13.9. The Morgan fingerprint density at radius 1 is 1.42 bits per heavy atom. The van der Waals surface area contributed by atoms with E-state index in [-0.39, 0.29) is 28.6 Å². The van der Waals surface area contributed by atoms with Crippen molar-refractivity contribution in [3.8, 4) is 0 Å². The van der Waals surface area contributed by atoms with E-state index in [9.17, 15) is 14.7 Å². The number of thioether (sulfide) groups is 2. The molecule has 2 aliphatic heterocycles. The molecule has 9 nitrogen and oxygen atoms in total. The minimum absolute atomic E-state index is 0.0321. The van der Waals surface area contributed by atoms with Crippen molar-refractivity contribution in [1.29, 1.82) is 0 Å². The van der Waals surface area contributed by atoms with Gasteiger partial charge in [-0.3, -0.25) is 9.69 Å². The summed E-state index contributed by atoms with van der Waals surface area (Å²) in [4.78, 5) is 32.6. The number of amides is 1. The van der Waals surface area contributed by atoms with E-state index >= 15 is 0 Å². The first-order chi connectivity index (χ1) is 11.4. The number of β-lactam (4-membered cyclic amide) rings is 1. The Kier molecular flexibility index (Phi) is 4.39. The molecular weight excluding hydrogens is 352 g/mol. The summed E-state index contributed by atoms with van der Waals surface area (Å²) < 4.78 is 0. The minimum Gasteiger partial charge on any atom is -0.477 e. The largest absolute Gasteiger partial charge is 0.477 e. The van der Waals surface area contributed by atoms with Crippen LogP contribution in [0.3, 0.4) is 0 Å². The number of nitrogen functional groups attached to an aromatic ring is 2. The van der Waals surface area contributed by atoms with Crippen LogP contribution in [0.1, 0.15) is 0 Å². The number of fused-ring (bicyclic) bond motifs is 1.